The zero-order valence-corrected chi connectivity index (χ0v) is 11.0. The second-order valence-corrected chi connectivity index (χ2v) is 5.22. The molecule has 0 fully saturated rings. The van der Waals surface area contributed by atoms with Gasteiger partial charge < -0.3 is 4.52 Å². The second-order valence-electron chi connectivity index (χ2n) is 4.06. The van der Waals surface area contributed by atoms with Crippen LogP contribution in [0.2, 0.25) is 0 Å². The van der Waals surface area contributed by atoms with Crippen LogP contribution < -0.4 is 4.52 Å². The van der Waals surface area contributed by atoms with Crippen LogP contribution in [-0.2, 0) is 17.4 Å². The van der Waals surface area contributed by atoms with E-state index in [-0.39, 0.29) is 0 Å². The van der Waals surface area contributed by atoms with E-state index in [1.54, 1.807) is 0 Å². The predicted octanol–water partition coefficient (Wildman–Crippen LogP) is 3.37. The first-order valence-electron chi connectivity index (χ1n) is 5.26. The first kappa shape index (κ1) is 17.8. The van der Waals surface area contributed by atoms with Crippen molar-refractivity contribution in [1.29, 1.82) is 0 Å². The summed E-state index contributed by atoms with van der Waals surface area (Å²) in [6.07, 6.45) is -13.1. The number of hydrogen-bond donors (Lipinski definition) is 2. The maximum atomic E-state index is 12.4. The minimum absolute atomic E-state index is 0.759. The average Bonchev–Trinajstić information content (AvgIpc) is 2.16. The molecule has 2 N–H and O–H groups in total. The molecule has 120 valence electrons. The van der Waals surface area contributed by atoms with Gasteiger partial charge in [0.25, 0.3) is 0 Å². The Labute approximate surface area is 114 Å². The molecule has 0 aliphatic rings. The molecule has 0 atom stereocenters. The lowest BCUT2D eigenvalue weighted by molar-refractivity contribution is -0.132. The predicted molar refractivity (Wildman–Crippen MR) is 58.6 cm³/mol. The molecule has 0 aromatic heterocycles. The summed E-state index contributed by atoms with van der Waals surface area (Å²) < 4.78 is 89.1. The molecule has 1 aromatic rings. The van der Waals surface area contributed by atoms with Gasteiger partial charge in [-0.1, -0.05) is 12.1 Å². The van der Waals surface area contributed by atoms with E-state index < -0.39 is 49.9 Å². The van der Waals surface area contributed by atoms with E-state index in [2.05, 4.69) is 4.52 Å². The summed E-state index contributed by atoms with van der Waals surface area (Å²) in [6.45, 7) is 0. The summed E-state index contributed by atoms with van der Waals surface area (Å²) >= 11 is 0. The zero-order valence-electron chi connectivity index (χ0n) is 10.1. The Hall–Kier alpha value is -1.25. The van der Waals surface area contributed by atoms with E-state index in [9.17, 15) is 30.9 Å². The first-order chi connectivity index (χ1) is 9.27. The van der Waals surface area contributed by atoms with Crippen molar-refractivity contribution in [2.24, 2.45) is 0 Å². The molecule has 0 spiro atoms. The average molecular weight is 338 g/mol. The van der Waals surface area contributed by atoms with E-state index in [0.717, 1.165) is 18.2 Å². The largest absolute Gasteiger partial charge is 0.524 e. The van der Waals surface area contributed by atoms with Gasteiger partial charge in [0.05, 0.1) is 12.8 Å². The SMILES string of the molecule is O=P(O)(O)Oc1cccc(CC(F)(F)F)c1CC(F)(F)F. The number of phosphoric ester groups is 1. The van der Waals surface area contributed by atoms with Gasteiger partial charge in [0.1, 0.15) is 5.75 Å². The van der Waals surface area contributed by atoms with Crippen LogP contribution in [0.3, 0.4) is 0 Å². The van der Waals surface area contributed by atoms with E-state index in [4.69, 9.17) is 9.79 Å². The normalized spacial score (nSPS) is 13.3. The number of benzene rings is 1. The van der Waals surface area contributed by atoms with Crippen molar-refractivity contribution in [2.75, 3.05) is 0 Å². The van der Waals surface area contributed by atoms with Crippen LogP contribution in [0.1, 0.15) is 11.1 Å². The summed E-state index contributed by atoms with van der Waals surface area (Å²) in [5.41, 5.74) is -1.71. The van der Waals surface area contributed by atoms with Crippen molar-refractivity contribution in [3.63, 3.8) is 0 Å². The van der Waals surface area contributed by atoms with Crippen LogP contribution >= 0.6 is 7.82 Å². The lowest BCUT2D eigenvalue weighted by Gasteiger charge is -2.18. The fraction of sp³-hybridized carbons (Fsp3) is 0.400. The summed E-state index contributed by atoms with van der Waals surface area (Å²) in [6, 6.07) is 2.48. The molecule has 1 rings (SSSR count). The second kappa shape index (κ2) is 5.86. The summed E-state index contributed by atoms with van der Waals surface area (Å²) in [5, 5.41) is 0. The van der Waals surface area contributed by atoms with Gasteiger partial charge in [0.2, 0.25) is 0 Å². The van der Waals surface area contributed by atoms with Crippen LogP contribution in [0.25, 0.3) is 0 Å². The van der Waals surface area contributed by atoms with Crippen LogP contribution in [0.15, 0.2) is 18.2 Å². The molecule has 0 aliphatic heterocycles. The molecule has 0 unspecified atom stereocenters. The van der Waals surface area contributed by atoms with Gasteiger partial charge in [0.15, 0.2) is 0 Å². The molecular weight excluding hydrogens is 329 g/mol. The molecule has 4 nitrogen and oxygen atoms in total. The van der Waals surface area contributed by atoms with Gasteiger partial charge in [0, 0.05) is 5.56 Å². The Morgan fingerprint density at radius 3 is 1.95 bits per heavy atom. The van der Waals surface area contributed by atoms with Crippen molar-refractivity contribution in [2.45, 2.75) is 25.2 Å². The molecular formula is C10H9F6O4P. The van der Waals surface area contributed by atoms with Gasteiger partial charge >= 0.3 is 20.2 Å². The van der Waals surface area contributed by atoms with Gasteiger partial charge in [-0.2, -0.15) is 26.3 Å². The van der Waals surface area contributed by atoms with Crippen LogP contribution in [-0.4, -0.2) is 22.1 Å². The maximum Gasteiger partial charge on any atom is 0.524 e. The fourth-order valence-corrected chi connectivity index (χ4v) is 2.03. The molecule has 21 heavy (non-hydrogen) atoms. The van der Waals surface area contributed by atoms with Crippen LogP contribution in [0.4, 0.5) is 26.3 Å². The Balaban J connectivity index is 3.30. The lowest BCUT2D eigenvalue weighted by Crippen LogP contribution is -2.18. The van der Waals surface area contributed by atoms with Gasteiger partial charge in [-0.3, -0.25) is 9.79 Å². The third-order valence-corrected chi connectivity index (χ3v) is 2.65. The quantitative estimate of drug-likeness (QED) is 0.653. The Morgan fingerprint density at radius 2 is 1.52 bits per heavy atom. The Morgan fingerprint density at radius 1 is 1.00 bits per heavy atom. The highest BCUT2D eigenvalue weighted by Gasteiger charge is 2.35. The van der Waals surface area contributed by atoms with Gasteiger partial charge in [-0.15, -0.1) is 0 Å². The third-order valence-electron chi connectivity index (χ3n) is 2.22. The van der Waals surface area contributed by atoms with E-state index in [0.29, 0.717) is 0 Å². The topological polar surface area (TPSA) is 66.8 Å². The van der Waals surface area contributed by atoms with Crippen molar-refractivity contribution < 1.29 is 45.2 Å². The summed E-state index contributed by atoms with van der Waals surface area (Å²) in [7, 11) is -5.20. The number of hydrogen-bond acceptors (Lipinski definition) is 2. The standard InChI is InChI=1S/C10H9F6O4P/c11-9(12,13)4-6-2-1-3-8(20-21(17,18)19)7(6)5-10(14,15)16/h1-3H,4-5H2,(H2,17,18,19). The highest BCUT2D eigenvalue weighted by atomic mass is 31.2. The highest BCUT2D eigenvalue weighted by molar-refractivity contribution is 7.46. The van der Waals surface area contributed by atoms with Crippen molar-refractivity contribution >= 4 is 7.82 Å². The molecule has 0 radical (unpaired) electrons. The first-order valence-corrected chi connectivity index (χ1v) is 6.79. The zero-order chi connectivity index (χ0) is 16.5. The molecule has 0 bridgehead atoms. The minimum atomic E-state index is -5.20. The number of halogens is 6. The molecule has 0 amide bonds. The van der Waals surface area contributed by atoms with E-state index >= 15 is 0 Å². The molecule has 11 heteroatoms. The van der Waals surface area contributed by atoms with Crippen molar-refractivity contribution in [3.05, 3.63) is 29.3 Å². The summed E-state index contributed by atoms with van der Waals surface area (Å²) in [4.78, 5) is 17.2. The fourth-order valence-electron chi connectivity index (χ4n) is 1.61. The highest BCUT2D eigenvalue weighted by Crippen LogP contribution is 2.42. The number of alkyl halides is 6. The van der Waals surface area contributed by atoms with Crippen molar-refractivity contribution in [3.8, 4) is 5.75 Å². The van der Waals surface area contributed by atoms with E-state index in [1.165, 1.54) is 0 Å². The molecule has 0 heterocycles. The van der Waals surface area contributed by atoms with Crippen LogP contribution in [0.5, 0.6) is 5.75 Å². The summed E-state index contributed by atoms with van der Waals surface area (Å²) in [5.74, 6) is -0.928. The third kappa shape index (κ3) is 6.83. The Bertz CT molecular complexity index is 547. The van der Waals surface area contributed by atoms with Gasteiger partial charge in [-0.05, 0) is 11.6 Å². The minimum Gasteiger partial charge on any atom is -0.404 e. The Kier molecular flexibility index (Phi) is 4.97. The number of rotatable bonds is 4. The van der Waals surface area contributed by atoms with E-state index in [1.807, 2.05) is 0 Å². The lowest BCUT2D eigenvalue weighted by atomic mass is 10.0. The molecule has 0 aliphatic carbocycles. The maximum absolute atomic E-state index is 12.4. The smallest absolute Gasteiger partial charge is 0.404 e. The van der Waals surface area contributed by atoms with Crippen molar-refractivity contribution in [1.82, 2.24) is 0 Å². The molecule has 0 saturated carbocycles. The van der Waals surface area contributed by atoms with Gasteiger partial charge in [-0.25, -0.2) is 4.57 Å². The molecule has 0 saturated heterocycles. The molecule has 1 aromatic carbocycles. The monoisotopic (exact) mass is 338 g/mol. The van der Waals surface area contributed by atoms with Crippen LogP contribution in [0, 0.1) is 0 Å². The number of phosphoric acid groups is 1.